The van der Waals surface area contributed by atoms with Gasteiger partial charge in [0, 0.05) is 23.8 Å². The van der Waals surface area contributed by atoms with Crippen molar-refractivity contribution in [2.24, 2.45) is 0 Å². The monoisotopic (exact) mass is 320 g/mol. The molecule has 1 amide bonds. The number of nitrogens with zero attached hydrogens (tertiary/aromatic N) is 3. The first-order valence-corrected chi connectivity index (χ1v) is 8.51. The van der Waals surface area contributed by atoms with E-state index >= 15 is 0 Å². The summed E-state index contributed by atoms with van der Waals surface area (Å²) in [6, 6.07) is 9.81. The molecular formula is C19H20N4O. The zero-order chi connectivity index (χ0) is 16.4. The summed E-state index contributed by atoms with van der Waals surface area (Å²) in [4.78, 5) is 16.8. The Bertz CT molecular complexity index is 850. The third-order valence-corrected chi connectivity index (χ3v) is 4.65. The van der Waals surface area contributed by atoms with Gasteiger partial charge in [0.1, 0.15) is 0 Å². The second-order valence-corrected chi connectivity index (χ2v) is 6.33. The van der Waals surface area contributed by atoms with Crippen LogP contribution in [0.25, 0.3) is 16.6 Å². The van der Waals surface area contributed by atoms with E-state index in [1.165, 1.54) is 19.3 Å². The molecule has 5 heteroatoms. The van der Waals surface area contributed by atoms with E-state index in [4.69, 9.17) is 0 Å². The summed E-state index contributed by atoms with van der Waals surface area (Å²) in [5, 5.41) is 8.63. The molecule has 122 valence electrons. The van der Waals surface area contributed by atoms with E-state index in [1.54, 1.807) is 17.1 Å². The van der Waals surface area contributed by atoms with Gasteiger partial charge in [0.15, 0.2) is 0 Å². The number of aromatic nitrogens is 3. The Morgan fingerprint density at radius 2 is 2.00 bits per heavy atom. The maximum atomic E-state index is 12.7. The van der Waals surface area contributed by atoms with Crippen LogP contribution in [-0.4, -0.2) is 26.7 Å². The lowest BCUT2D eigenvalue weighted by atomic mass is 9.95. The zero-order valence-electron chi connectivity index (χ0n) is 13.5. The van der Waals surface area contributed by atoms with Crippen LogP contribution in [0.15, 0.2) is 48.9 Å². The predicted octanol–water partition coefficient (Wildman–Crippen LogP) is 3.48. The van der Waals surface area contributed by atoms with E-state index in [1.807, 2.05) is 36.5 Å². The number of carbonyl (C=O) groups is 1. The number of hydrogen-bond acceptors (Lipinski definition) is 3. The minimum Gasteiger partial charge on any atom is -0.349 e. The number of fused-ring (bicyclic) bond motifs is 1. The van der Waals surface area contributed by atoms with Crippen molar-refractivity contribution in [1.29, 1.82) is 0 Å². The van der Waals surface area contributed by atoms with Crippen LogP contribution in [-0.2, 0) is 0 Å². The first-order chi connectivity index (χ1) is 11.8. The first-order valence-electron chi connectivity index (χ1n) is 8.51. The molecule has 1 N–H and O–H groups in total. The second kappa shape index (κ2) is 6.43. The number of hydrogen-bond donors (Lipinski definition) is 1. The van der Waals surface area contributed by atoms with E-state index in [0.29, 0.717) is 11.6 Å². The summed E-state index contributed by atoms with van der Waals surface area (Å²) in [6.45, 7) is 0. The predicted molar refractivity (Wildman–Crippen MR) is 93.2 cm³/mol. The lowest BCUT2D eigenvalue weighted by Crippen LogP contribution is -2.36. The number of carbonyl (C=O) groups excluding carboxylic acids is 1. The maximum absolute atomic E-state index is 12.7. The van der Waals surface area contributed by atoms with Crippen LogP contribution in [0.2, 0.25) is 0 Å². The van der Waals surface area contributed by atoms with E-state index in [0.717, 1.165) is 29.4 Å². The van der Waals surface area contributed by atoms with Gasteiger partial charge in [0.05, 0.1) is 23.0 Å². The summed E-state index contributed by atoms with van der Waals surface area (Å²) in [6.07, 6.45) is 11.2. The molecule has 4 rings (SSSR count). The second-order valence-electron chi connectivity index (χ2n) is 6.33. The number of pyridine rings is 1. The van der Waals surface area contributed by atoms with Crippen molar-refractivity contribution < 1.29 is 4.79 Å². The molecule has 5 nitrogen and oxygen atoms in total. The summed E-state index contributed by atoms with van der Waals surface area (Å²) in [5.41, 5.74) is 2.38. The summed E-state index contributed by atoms with van der Waals surface area (Å²) >= 11 is 0. The standard InChI is InChI=1S/C19H20N4O/c24-19(21-14-6-2-1-3-7-14)16-9-4-10-18-17(16)13-23(22-18)15-8-5-11-20-12-15/h4-5,8-14H,1-3,6-7H2,(H,21,24). The smallest absolute Gasteiger partial charge is 0.252 e. The molecule has 1 fully saturated rings. The number of rotatable bonds is 3. The number of nitrogens with one attached hydrogen (secondary N) is 1. The zero-order valence-corrected chi connectivity index (χ0v) is 13.5. The van der Waals surface area contributed by atoms with Crippen LogP contribution in [0.1, 0.15) is 42.5 Å². The molecule has 1 aromatic carbocycles. The molecule has 24 heavy (non-hydrogen) atoms. The highest BCUT2D eigenvalue weighted by molar-refractivity contribution is 6.06. The number of amides is 1. The average molecular weight is 320 g/mol. The first kappa shape index (κ1) is 14.9. The third kappa shape index (κ3) is 2.89. The lowest BCUT2D eigenvalue weighted by Gasteiger charge is -2.22. The van der Waals surface area contributed by atoms with Crippen LogP contribution < -0.4 is 5.32 Å². The van der Waals surface area contributed by atoms with Crippen molar-refractivity contribution >= 4 is 16.8 Å². The molecule has 0 spiro atoms. The van der Waals surface area contributed by atoms with Gasteiger partial charge >= 0.3 is 0 Å². The van der Waals surface area contributed by atoms with Gasteiger partial charge in [-0.2, -0.15) is 5.10 Å². The van der Waals surface area contributed by atoms with Gasteiger partial charge in [0.2, 0.25) is 0 Å². The Morgan fingerprint density at radius 1 is 1.12 bits per heavy atom. The van der Waals surface area contributed by atoms with Crippen molar-refractivity contribution in [3.8, 4) is 5.69 Å². The fraction of sp³-hybridized carbons (Fsp3) is 0.316. The van der Waals surface area contributed by atoms with Crippen LogP contribution in [0.4, 0.5) is 0 Å². The summed E-state index contributed by atoms with van der Waals surface area (Å²) < 4.78 is 1.77. The van der Waals surface area contributed by atoms with Crippen molar-refractivity contribution in [3.63, 3.8) is 0 Å². The third-order valence-electron chi connectivity index (χ3n) is 4.65. The van der Waals surface area contributed by atoms with Crippen molar-refractivity contribution in [2.75, 3.05) is 0 Å². The molecule has 0 radical (unpaired) electrons. The molecule has 0 aliphatic heterocycles. The Morgan fingerprint density at radius 3 is 2.79 bits per heavy atom. The molecule has 3 aromatic rings. The molecular weight excluding hydrogens is 300 g/mol. The fourth-order valence-electron chi connectivity index (χ4n) is 3.37. The Labute approximate surface area is 140 Å². The maximum Gasteiger partial charge on any atom is 0.252 e. The van der Waals surface area contributed by atoms with E-state index in [-0.39, 0.29) is 5.91 Å². The highest BCUT2D eigenvalue weighted by Crippen LogP contribution is 2.22. The van der Waals surface area contributed by atoms with Gasteiger partial charge in [-0.15, -0.1) is 0 Å². The molecule has 0 atom stereocenters. The average Bonchev–Trinajstić information content (AvgIpc) is 3.07. The van der Waals surface area contributed by atoms with Gasteiger partial charge in [0.25, 0.3) is 5.91 Å². The highest BCUT2D eigenvalue weighted by Gasteiger charge is 2.19. The topological polar surface area (TPSA) is 59.8 Å². The van der Waals surface area contributed by atoms with Crippen LogP contribution in [0, 0.1) is 0 Å². The van der Waals surface area contributed by atoms with Crippen LogP contribution in [0.5, 0.6) is 0 Å². The largest absolute Gasteiger partial charge is 0.349 e. The molecule has 1 aliphatic carbocycles. The molecule has 2 heterocycles. The molecule has 0 saturated heterocycles. The molecule has 0 bridgehead atoms. The van der Waals surface area contributed by atoms with Crippen LogP contribution >= 0.6 is 0 Å². The quantitative estimate of drug-likeness (QED) is 0.803. The molecule has 2 aromatic heterocycles. The van der Waals surface area contributed by atoms with Gasteiger partial charge in [-0.05, 0) is 37.1 Å². The Hall–Kier alpha value is -2.69. The molecule has 0 unspecified atom stereocenters. The van der Waals surface area contributed by atoms with E-state index < -0.39 is 0 Å². The van der Waals surface area contributed by atoms with E-state index in [9.17, 15) is 4.79 Å². The summed E-state index contributed by atoms with van der Waals surface area (Å²) in [7, 11) is 0. The fourth-order valence-corrected chi connectivity index (χ4v) is 3.37. The SMILES string of the molecule is O=C(NC1CCCCC1)c1cccc2nn(-c3cccnc3)cc12. The summed E-state index contributed by atoms with van der Waals surface area (Å²) in [5.74, 6) is -0.00163. The Balaban J connectivity index is 1.65. The highest BCUT2D eigenvalue weighted by atomic mass is 16.1. The van der Waals surface area contributed by atoms with E-state index in [2.05, 4.69) is 15.4 Å². The van der Waals surface area contributed by atoms with Crippen molar-refractivity contribution in [1.82, 2.24) is 20.1 Å². The Kier molecular flexibility index (Phi) is 3.99. The lowest BCUT2D eigenvalue weighted by molar-refractivity contribution is 0.0929. The van der Waals surface area contributed by atoms with Crippen molar-refractivity contribution in [3.05, 3.63) is 54.5 Å². The van der Waals surface area contributed by atoms with Gasteiger partial charge in [-0.1, -0.05) is 25.3 Å². The molecule has 1 saturated carbocycles. The van der Waals surface area contributed by atoms with Gasteiger partial charge in [-0.3, -0.25) is 9.78 Å². The van der Waals surface area contributed by atoms with Gasteiger partial charge < -0.3 is 5.32 Å². The molecule has 1 aliphatic rings. The van der Waals surface area contributed by atoms with Gasteiger partial charge in [-0.25, -0.2) is 4.68 Å². The minimum atomic E-state index is -0.00163. The number of benzene rings is 1. The van der Waals surface area contributed by atoms with Crippen molar-refractivity contribution in [2.45, 2.75) is 38.1 Å². The normalized spacial score (nSPS) is 15.5. The van der Waals surface area contributed by atoms with Crippen LogP contribution in [0.3, 0.4) is 0 Å². The minimum absolute atomic E-state index is 0.00163.